The molecule has 1 fully saturated rings. The SMILES string of the molecule is C[C@@H]1COCCN1c1ccc2nccc(C(=O)OC(C)(C)C)c2c1. The number of hydrogen-bond donors (Lipinski definition) is 0. The van der Waals surface area contributed by atoms with Crippen LogP contribution in [-0.4, -0.2) is 42.4 Å². The molecule has 0 amide bonds. The molecule has 2 aromatic rings. The van der Waals surface area contributed by atoms with E-state index in [0.717, 1.165) is 23.1 Å². The maximum atomic E-state index is 12.5. The molecule has 0 radical (unpaired) electrons. The zero-order valence-corrected chi connectivity index (χ0v) is 14.7. The number of carbonyl (C=O) groups is 1. The molecule has 1 aliphatic rings. The number of esters is 1. The number of rotatable bonds is 2. The van der Waals surface area contributed by atoms with Crippen LogP contribution < -0.4 is 4.90 Å². The quantitative estimate of drug-likeness (QED) is 0.791. The van der Waals surface area contributed by atoms with Crippen molar-refractivity contribution in [2.45, 2.75) is 39.3 Å². The Morgan fingerprint density at radius 3 is 2.83 bits per heavy atom. The third kappa shape index (κ3) is 3.51. The van der Waals surface area contributed by atoms with Crippen LogP contribution >= 0.6 is 0 Å². The Morgan fingerprint density at radius 2 is 2.12 bits per heavy atom. The first-order chi connectivity index (χ1) is 11.3. The number of morpholine rings is 1. The molecule has 128 valence electrons. The lowest BCUT2D eigenvalue weighted by atomic mass is 10.1. The molecule has 3 rings (SSSR count). The van der Waals surface area contributed by atoms with E-state index in [1.165, 1.54) is 0 Å². The highest BCUT2D eigenvalue weighted by Gasteiger charge is 2.22. The Hall–Kier alpha value is -2.14. The largest absolute Gasteiger partial charge is 0.456 e. The van der Waals surface area contributed by atoms with Crippen LogP contribution in [0.25, 0.3) is 10.9 Å². The summed E-state index contributed by atoms with van der Waals surface area (Å²) in [5.74, 6) is -0.318. The second-order valence-corrected chi connectivity index (χ2v) is 7.18. The lowest BCUT2D eigenvalue weighted by molar-refractivity contribution is 0.00718. The van der Waals surface area contributed by atoms with Gasteiger partial charge in [-0.25, -0.2) is 4.79 Å². The van der Waals surface area contributed by atoms with Crippen LogP contribution in [0.3, 0.4) is 0 Å². The van der Waals surface area contributed by atoms with E-state index >= 15 is 0 Å². The predicted octanol–water partition coefficient (Wildman–Crippen LogP) is 3.42. The minimum Gasteiger partial charge on any atom is -0.456 e. The van der Waals surface area contributed by atoms with Gasteiger partial charge in [0.05, 0.1) is 24.3 Å². The van der Waals surface area contributed by atoms with Crippen molar-refractivity contribution >= 4 is 22.6 Å². The average molecular weight is 328 g/mol. The Labute approximate surface area is 142 Å². The number of fused-ring (bicyclic) bond motifs is 1. The Balaban J connectivity index is 2.01. The molecule has 0 bridgehead atoms. The van der Waals surface area contributed by atoms with E-state index in [0.29, 0.717) is 24.8 Å². The standard InChI is InChI=1S/C19H24N2O3/c1-13-12-23-10-9-21(13)14-5-6-17-16(11-14)15(7-8-20-17)18(22)24-19(2,3)4/h5-8,11,13H,9-10,12H2,1-4H3/t13-/m1/s1. The summed E-state index contributed by atoms with van der Waals surface area (Å²) in [7, 11) is 0. The van der Waals surface area contributed by atoms with Gasteiger partial charge >= 0.3 is 5.97 Å². The molecule has 0 saturated carbocycles. The smallest absolute Gasteiger partial charge is 0.339 e. The van der Waals surface area contributed by atoms with Crippen molar-refractivity contribution in [3.63, 3.8) is 0 Å². The molecule has 24 heavy (non-hydrogen) atoms. The number of anilines is 1. The van der Waals surface area contributed by atoms with Crippen molar-refractivity contribution in [2.24, 2.45) is 0 Å². The van der Waals surface area contributed by atoms with Gasteiger partial charge in [0.25, 0.3) is 0 Å². The average Bonchev–Trinajstić information content (AvgIpc) is 2.52. The Morgan fingerprint density at radius 1 is 1.33 bits per heavy atom. The maximum Gasteiger partial charge on any atom is 0.339 e. The molecular weight excluding hydrogens is 304 g/mol. The maximum absolute atomic E-state index is 12.5. The summed E-state index contributed by atoms with van der Waals surface area (Å²) in [5, 5.41) is 0.822. The normalized spacial score (nSPS) is 18.7. The highest BCUT2D eigenvalue weighted by Crippen LogP contribution is 2.27. The first-order valence-corrected chi connectivity index (χ1v) is 8.32. The summed E-state index contributed by atoms with van der Waals surface area (Å²) in [6.07, 6.45) is 1.65. The molecule has 1 saturated heterocycles. The molecule has 0 spiro atoms. The fraction of sp³-hybridized carbons (Fsp3) is 0.474. The van der Waals surface area contributed by atoms with Crippen LogP contribution in [0.1, 0.15) is 38.1 Å². The van der Waals surface area contributed by atoms with Crippen molar-refractivity contribution in [1.82, 2.24) is 4.98 Å². The van der Waals surface area contributed by atoms with Gasteiger partial charge in [0.15, 0.2) is 0 Å². The van der Waals surface area contributed by atoms with E-state index in [1.54, 1.807) is 12.3 Å². The summed E-state index contributed by atoms with van der Waals surface area (Å²) < 4.78 is 11.0. The van der Waals surface area contributed by atoms with Gasteiger partial charge in [-0.05, 0) is 52.0 Å². The minimum atomic E-state index is -0.525. The minimum absolute atomic E-state index is 0.304. The van der Waals surface area contributed by atoms with Gasteiger partial charge in [0.1, 0.15) is 5.60 Å². The van der Waals surface area contributed by atoms with E-state index in [-0.39, 0.29) is 5.97 Å². The summed E-state index contributed by atoms with van der Waals surface area (Å²) in [5.41, 5.74) is 1.90. The molecule has 1 aromatic carbocycles. The zero-order chi connectivity index (χ0) is 17.3. The first kappa shape index (κ1) is 16.7. The lowest BCUT2D eigenvalue weighted by Gasteiger charge is -2.35. The number of pyridine rings is 1. The fourth-order valence-corrected chi connectivity index (χ4v) is 2.93. The Bertz CT molecular complexity index is 752. The molecule has 2 heterocycles. The van der Waals surface area contributed by atoms with Gasteiger partial charge in [-0.3, -0.25) is 4.98 Å². The molecule has 0 aliphatic carbocycles. The number of benzene rings is 1. The van der Waals surface area contributed by atoms with E-state index in [4.69, 9.17) is 9.47 Å². The van der Waals surface area contributed by atoms with Crippen molar-refractivity contribution in [3.8, 4) is 0 Å². The third-order valence-electron chi connectivity index (χ3n) is 4.04. The highest BCUT2D eigenvalue weighted by molar-refractivity contribution is 6.04. The summed E-state index contributed by atoms with van der Waals surface area (Å²) in [6.45, 7) is 10.0. The van der Waals surface area contributed by atoms with Gasteiger partial charge in [0, 0.05) is 29.9 Å². The number of aromatic nitrogens is 1. The van der Waals surface area contributed by atoms with Crippen molar-refractivity contribution < 1.29 is 14.3 Å². The summed E-state index contributed by atoms with van der Waals surface area (Å²) in [6, 6.07) is 8.07. The molecule has 5 nitrogen and oxygen atoms in total. The molecular formula is C19H24N2O3. The zero-order valence-electron chi connectivity index (χ0n) is 14.7. The molecule has 0 N–H and O–H groups in total. The van der Waals surface area contributed by atoms with Crippen LogP contribution in [0.2, 0.25) is 0 Å². The number of carbonyl (C=O) groups excluding carboxylic acids is 1. The lowest BCUT2D eigenvalue weighted by Crippen LogP contribution is -2.43. The van der Waals surface area contributed by atoms with E-state index in [1.807, 2.05) is 32.9 Å². The van der Waals surface area contributed by atoms with Crippen molar-refractivity contribution in [2.75, 3.05) is 24.7 Å². The van der Waals surface area contributed by atoms with Crippen LogP contribution in [0.5, 0.6) is 0 Å². The van der Waals surface area contributed by atoms with Gasteiger partial charge in [-0.2, -0.15) is 0 Å². The van der Waals surface area contributed by atoms with E-state index in [9.17, 15) is 4.79 Å². The molecule has 1 aliphatic heterocycles. The number of hydrogen-bond acceptors (Lipinski definition) is 5. The molecule has 5 heteroatoms. The van der Waals surface area contributed by atoms with Gasteiger partial charge < -0.3 is 14.4 Å². The van der Waals surface area contributed by atoms with E-state index in [2.05, 4.69) is 22.9 Å². The van der Waals surface area contributed by atoms with E-state index < -0.39 is 5.60 Å². The third-order valence-corrected chi connectivity index (χ3v) is 4.04. The Kier molecular flexibility index (Phi) is 4.45. The van der Waals surface area contributed by atoms with Gasteiger partial charge in [-0.15, -0.1) is 0 Å². The highest BCUT2D eigenvalue weighted by atomic mass is 16.6. The molecule has 0 unspecified atom stereocenters. The van der Waals surface area contributed by atoms with Gasteiger partial charge in [-0.1, -0.05) is 0 Å². The van der Waals surface area contributed by atoms with Crippen molar-refractivity contribution in [1.29, 1.82) is 0 Å². The second-order valence-electron chi connectivity index (χ2n) is 7.18. The molecule has 1 atom stereocenters. The van der Waals surface area contributed by atoms with Crippen LogP contribution in [-0.2, 0) is 9.47 Å². The van der Waals surface area contributed by atoms with Crippen molar-refractivity contribution in [3.05, 3.63) is 36.0 Å². The monoisotopic (exact) mass is 328 g/mol. The predicted molar refractivity (Wildman–Crippen MR) is 94.5 cm³/mol. The first-order valence-electron chi connectivity index (χ1n) is 8.32. The summed E-state index contributed by atoms with van der Waals surface area (Å²) in [4.78, 5) is 19.2. The number of nitrogens with zero attached hydrogens (tertiary/aromatic N) is 2. The summed E-state index contributed by atoms with van der Waals surface area (Å²) >= 11 is 0. The molecule has 1 aromatic heterocycles. The van der Waals surface area contributed by atoms with Crippen LogP contribution in [0, 0.1) is 0 Å². The van der Waals surface area contributed by atoms with Crippen LogP contribution in [0.15, 0.2) is 30.5 Å². The topological polar surface area (TPSA) is 51.7 Å². The second kappa shape index (κ2) is 6.40. The van der Waals surface area contributed by atoms with Crippen LogP contribution in [0.4, 0.5) is 5.69 Å². The fourth-order valence-electron chi connectivity index (χ4n) is 2.93. The number of ether oxygens (including phenoxy) is 2. The van der Waals surface area contributed by atoms with Gasteiger partial charge in [0.2, 0.25) is 0 Å².